The van der Waals surface area contributed by atoms with Crippen molar-refractivity contribution in [1.29, 1.82) is 0 Å². The van der Waals surface area contributed by atoms with E-state index >= 15 is 0 Å². The Morgan fingerprint density at radius 1 is 1.05 bits per heavy atom. The number of nitrogens with one attached hydrogen (secondary N) is 1. The third kappa shape index (κ3) is 6.11. The molecule has 0 aliphatic rings. The largest absolute Gasteiger partial charge is 0.493 e. The van der Waals surface area contributed by atoms with Gasteiger partial charge < -0.3 is 9.47 Å². The van der Waals surface area contributed by atoms with Crippen LogP contribution >= 0.6 is 11.8 Å². The number of hydrogen-bond acceptors (Lipinski definition) is 9. The summed E-state index contributed by atoms with van der Waals surface area (Å²) in [7, 11) is 3.13. The molecule has 1 N–H and O–H groups in total. The molecule has 4 aromatic rings. The molecule has 11 nitrogen and oxygen atoms in total. The van der Waals surface area contributed by atoms with Crippen LogP contribution in [0.4, 0.5) is 5.69 Å². The number of ether oxygens (including phenoxy) is 2. The first-order valence-corrected chi connectivity index (χ1v) is 11.9. The molecule has 0 saturated heterocycles. The number of benzene rings is 3. The topological polar surface area (TPSA) is 134 Å². The highest BCUT2D eigenvalue weighted by atomic mass is 32.2. The Bertz CT molecular complexity index is 1420. The molecule has 0 radical (unpaired) electrons. The van der Waals surface area contributed by atoms with Gasteiger partial charge in [-0.3, -0.25) is 19.5 Å². The normalized spacial score (nSPS) is 10.9. The molecule has 0 saturated carbocycles. The summed E-state index contributed by atoms with van der Waals surface area (Å²) in [4.78, 5) is 22.7. The molecular formula is C25H22N6O5S. The Morgan fingerprint density at radius 3 is 2.46 bits per heavy atom. The fourth-order valence-corrected chi connectivity index (χ4v) is 4.10. The van der Waals surface area contributed by atoms with Crippen LogP contribution in [0, 0.1) is 10.1 Å². The zero-order valence-corrected chi connectivity index (χ0v) is 20.7. The number of hydrazone groups is 1. The molecule has 1 heterocycles. The molecule has 0 fully saturated rings. The second-order valence-electron chi connectivity index (χ2n) is 7.48. The molecule has 0 aliphatic heterocycles. The second kappa shape index (κ2) is 11.8. The summed E-state index contributed by atoms with van der Waals surface area (Å²) in [6.07, 6.45) is 1.41. The van der Waals surface area contributed by atoms with Crippen LogP contribution in [0.15, 0.2) is 83.1 Å². The van der Waals surface area contributed by atoms with Crippen molar-refractivity contribution in [3.05, 3.63) is 88.5 Å². The SMILES string of the molecule is COc1ccc(-c2nnc(SCC(=O)NN=Cc3ccc([N+](=O)[O-])cc3)n2-c2ccccc2)cc1OC. The van der Waals surface area contributed by atoms with Gasteiger partial charge >= 0.3 is 0 Å². The molecule has 188 valence electrons. The number of carbonyl (C=O) groups is 1. The summed E-state index contributed by atoms with van der Waals surface area (Å²) in [5, 5.41) is 23.9. The van der Waals surface area contributed by atoms with Crippen LogP contribution in [-0.2, 0) is 4.79 Å². The van der Waals surface area contributed by atoms with Crippen LogP contribution in [0.2, 0.25) is 0 Å². The summed E-state index contributed by atoms with van der Waals surface area (Å²) in [5.74, 6) is 1.42. The van der Waals surface area contributed by atoms with E-state index in [4.69, 9.17) is 9.47 Å². The number of carbonyl (C=O) groups excluding carboxylic acids is 1. The van der Waals surface area contributed by atoms with E-state index in [9.17, 15) is 14.9 Å². The summed E-state index contributed by atoms with van der Waals surface area (Å²) in [5.41, 5.74) is 4.64. The van der Waals surface area contributed by atoms with E-state index in [0.717, 1.165) is 11.3 Å². The predicted molar refractivity (Wildman–Crippen MR) is 139 cm³/mol. The first-order chi connectivity index (χ1) is 18.0. The summed E-state index contributed by atoms with van der Waals surface area (Å²) < 4.78 is 12.6. The Kier molecular flexibility index (Phi) is 8.11. The molecule has 37 heavy (non-hydrogen) atoms. The number of non-ortho nitro benzene ring substituents is 1. The molecule has 0 aliphatic carbocycles. The van der Waals surface area contributed by atoms with Crippen LogP contribution in [0.3, 0.4) is 0 Å². The molecule has 1 aromatic heterocycles. The van der Waals surface area contributed by atoms with Crippen LogP contribution in [0.1, 0.15) is 5.56 Å². The summed E-state index contributed by atoms with van der Waals surface area (Å²) in [6, 6.07) is 20.9. The van der Waals surface area contributed by atoms with Crippen molar-refractivity contribution < 1.29 is 19.2 Å². The number of nitro benzene ring substituents is 1. The molecular weight excluding hydrogens is 496 g/mol. The van der Waals surface area contributed by atoms with Gasteiger partial charge in [0.1, 0.15) is 0 Å². The van der Waals surface area contributed by atoms with Gasteiger partial charge in [0.2, 0.25) is 0 Å². The lowest BCUT2D eigenvalue weighted by Crippen LogP contribution is -2.20. The highest BCUT2D eigenvalue weighted by molar-refractivity contribution is 7.99. The molecule has 1 amide bonds. The van der Waals surface area contributed by atoms with Crippen LogP contribution in [0.5, 0.6) is 11.5 Å². The minimum absolute atomic E-state index is 0.0208. The van der Waals surface area contributed by atoms with Crippen molar-refractivity contribution >= 4 is 29.6 Å². The number of rotatable bonds is 10. The molecule has 3 aromatic carbocycles. The van der Waals surface area contributed by atoms with Gasteiger partial charge in [0.25, 0.3) is 11.6 Å². The number of methoxy groups -OCH3 is 2. The lowest BCUT2D eigenvalue weighted by atomic mass is 10.2. The molecule has 0 bridgehead atoms. The predicted octanol–water partition coefficient (Wildman–Crippen LogP) is 4.10. The Labute approximate surface area is 216 Å². The number of hydrogen-bond donors (Lipinski definition) is 1. The van der Waals surface area contributed by atoms with Crippen molar-refractivity contribution in [2.24, 2.45) is 5.10 Å². The third-order valence-corrected chi connectivity index (χ3v) is 6.06. The second-order valence-corrected chi connectivity index (χ2v) is 8.42. The highest BCUT2D eigenvalue weighted by Crippen LogP contribution is 2.34. The van der Waals surface area contributed by atoms with E-state index in [1.165, 1.54) is 30.1 Å². The molecule has 0 unspecified atom stereocenters. The van der Waals surface area contributed by atoms with Gasteiger partial charge in [-0.15, -0.1) is 10.2 Å². The number of aromatic nitrogens is 3. The lowest BCUT2D eigenvalue weighted by Gasteiger charge is -2.12. The van der Waals surface area contributed by atoms with E-state index in [1.807, 2.05) is 47.0 Å². The minimum atomic E-state index is -0.481. The number of para-hydroxylation sites is 1. The van der Waals surface area contributed by atoms with Crippen molar-refractivity contribution in [2.45, 2.75) is 5.16 Å². The van der Waals surface area contributed by atoms with E-state index in [-0.39, 0.29) is 17.3 Å². The van der Waals surface area contributed by atoms with Crippen molar-refractivity contribution in [3.8, 4) is 28.6 Å². The average molecular weight is 519 g/mol. The molecule has 4 rings (SSSR count). The van der Waals surface area contributed by atoms with E-state index in [2.05, 4.69) is 20.7 Å². The standard InChI is InChI=1S/C25H22N6O5S/c1-35-21-13-10-18(14-22(21)36-2)24-28-29-25(30(24)19-6-4-3-5-7-19)37-16-23(32)27-26-15-17-8-11-20(12-9-17)31(33)34/h3-15H,16H2,1-2H3,(H,27,32). The van der Waals surface area contributed by atoms with Crippen molar-refractivity contribution in [1.82, 2.24) is 20.2 Å². The fraction of sp³-hybridized carbons (Fsp3) is 0.120. The van der Waals surface area contributed by atoms with Gasteiger partial charge in [-0.1, -0.05) is 30.0 Å². The zero-order valence-electron chi connectivity index (χ0n) is 19.9. The van der Waals surface area contributed by atoms with Crippen LogP contribution in [0.25, 0.3) is 17.1 Å². The summed E-state index contributed by atoms with van der Waals surface area (Å²) in [6.45, 7) is 0. The maximum Gasteiger partial charge on any atom is 0.269 e. The van der Waals surface area contributed by atoms with E-state index in [1.54, 1.807) is 32.4 Å². The number of amides is 1. The average Bonchev–Trinajstić information content (AvgIpc) is 3.36. The van der Waals surface area contributed by atoms with Crippen LogP contribution in [-0.4, -0.2) is 51.8 Å². The first kappa shape index (κ1) is 25.4. The Morgan fingerprint density at radius 2 is 1.78 bits per heavy atom. The van der Waals surface area contributed by atoms with Gasteiger partial charge in [-0.25, -0.2) is 5.43 Å². The van der Waals surface area contributed by atoms with Gasteiger partial charge in [0, 0.05) is 23.4 Å². The third-order valence-electron chi connectivity index (χ3n) is 5.13. The monoisotopic (exact) mass is 518 g/mol. The number of nitrogens with zero attached hydrogens (tertiary/aromatic N) is 5. The first-order valence-electron chi connectivity index (χ1n) is 10.9. The van der Waals surface area contributed by atoms with E-state index in [0.29, 0.717) is 28.0 Å². The van der Waals surface area contributed by atoms with Crippen LogP contribution < -0.4 is 14.9 Å². The van der Waals surface area contributed by atoms with Gasteiger partial charge in [-0.2, -0.15) is 5.10 Å². The van der Waals surface area contributed by atoms with E-state index < -0.39 is 4.92 Å². The van der Waals surface area contributed by atoms with Crippen molar-refractivity contribution in [2.75, 3.05) is 20.0 Å². The minimum Gasteiger partial charge on any atom is -0.493 e. The zero-order chi connectivity index (χ0) is 26.2. The van der Waals surface area contributed by atoms with Gasteiger partial charge in [0.05, 0.1) is 31.1 Å². The molecule has 0 spiro atoms. The maximum atomic E-state index is 12.4. The fourth-order valence-electron chi connectivity index (χ4n) is 3.36. The number of thioether (sulfide) groups is 1. The number of nitro groups is 1. The summed E-state index contributed by atoms with van der Waals surface area (Å²) >= 11 is 1.21. The molecule has 0 atom stereocenters. The quantitative estimate of drug-likeness (QED) is 0.144. The van der Waals surface area contributed by atoms with Crippen molar-refractivity contribution in [3.63, 3.8) is 0 Å². The maximum absolute atomic E-state index is 12.4. The smallest absolute Gasteiger partial charge is 0.269 e. The molecule has 12 heteroatoms. The highest BCUT2D eigenvalue weighted by Gasteiger charge is 2.18. The lowest BCUT2D eigenvalue weighted by molar-refractivity contribution is -0.384. The van der Waals surface area contributed by atoms with Gasteiger partial charge in [-0.05, 0) is 48.0 Å². The van der Waals surface area contributed by atoms with Gasteiger partial charge in [0.15, 0.2) is 22.5 Å². The Balaban J connectivity index is 1.50. The Hall–Kier alpha value is -4.71.